The second kappa shape index (κ2) is 8.46. The molecule has 0 saturated heterocycles. The number of nitrogens with zero attached hydrogens (tertiary/aromatic N) is 1. The van der Waals surface area contributed by atoms with Gasteiger partial charge in [0.15, 0.2) is 0 Å². The lowest BCUT2D eigenvalue weighted by atomic mass is 10.1. The fourth-order valence-corrected chi connectivity index (χ4v) is 2.43. The number of hydrogen-bond donors (Lipinski definition) is 2. The van der Waals surface area contributed by atoms with Crippen LogP contribution in [-0.4, -0.2) is 23.2 Å². The number of pyridine rings is 1. The highest BCUT2D eigenvalue weighted by atomic mass is 16.5. The number of rotatable bonds is 8. The molecule has 0 aliphatic carbocycles. The van der Waals surface area contributed by atoms with Crippen LogP contribution in [0.15, 0.2) is 65.2 Å². The van der Waals surface area contributed by atoms with E-state index in [4.69, 9.17) is 9.15 Å². The number of ether oxygens (including phenoxy) is 1. The largest absolute Gasteiger partial charge is 0.476 e. The quantitative estimate of drug-likeness (QED) is 0.615. The van der Waals surface area contributed by atoms with Gasteiger partial charge in [-0.05, 0) is 30.7 Å². The number of aliphatic hydroxyl groups excluding tert-OH is 1. The number of benzene rings is 1. The topological polar surface area (TPSA) is 67.5 Å². The van der Waals surface area contributed by atoms with Gasteiger partial charge in [-0.15, -0.1) is 0 Å². The minimum Gasteiger partial charge on any atom is -0.476 e. The van der Waals surface area contributed by atoms with Gasteiger partial charge >= 0.3 is 0 Å². The molecule has 0 aliphatic heterocycles. The Morgan fingerprint density at radius 1 is 1.12 bits per heavy atom. The van der Waals surface area contributed by atoms with E-state index in [1.807, 2.05) is 54.6 Å². The predicted molar refractivity (Wildman–Crippen MR) is 96.2 cm³/mol. The molecule has 2 heterocycles. The van der Waals surface area contributed by atoms with Gasteiger partial charge in [0.2, 0.25) is 5.88 Å². The van der Waals surface area contributed by atoms with E-state index in [1.54, 1.807) is 13.1 Å². The van der Waals surface area contributed by atoms with Crippen molar-refractivity contribution in [2.24, 2.45) is 0 Å². The van der Waals surface area contributed by atoms with E-state index in [0.717, 1.165) is 22.6 Å². The maximum atomic E-state index is 9.56. The van der Waals surface area contributed by atoms with Gasteiger partial charge < -0.3 is 19.6 Å². The highest BCUT2D eigenvalue weighted by Gasteiger charge is 2.06. The Balaban J connectivity index is 1.45. The van der Waals surface area contributed by atoms with Crippen LogP contribution in [0.2, 0.25) is 0 Å². The van der Waals surface area contributed by atoms with Gasteiger partial charge in [0.25, 0.3) is 0 Å². The third kappa shape index (κ3) is 4.92. The summed E-state index contributed by atoms with van der Waals surface area (Å²) in [5.74, 6) is 2.32. The SMILES string of the molecule is CC(O)c1ccc(-c2ccc(CNCCOc3ccccn3)o2)cc1. The van der Waals surface area contributed by atoms with Crippen LogP contribution in [0.3, 0.4) is 0 Å². The highest BCUT2D eigenvalue weighted by molar-refractivity contribution is 5.58. The fraction of sp³-hybridized carbons (Fsp3) is 0.250. The van der Waals surface area contributed by atoms with Crippen LogP contribution in [0.1, 0.15) is 24.4 Å². The number of aromatic nitrogens is 1. The number of nitrogens with one attached hydrogen (secondary N) is 1. The summed E-state index contributed by atoms with van der Waals surface area (Å²) in [6, 6.07) is 17.2. The molecule has 130 valence electrons. The second-order valence-electron chi connectivity index (χ2n) is 5.76. The van der Waals surface area contributed by atoms with E-state index in [0.29, 0.717) is 25.6 Å². The van der Waals surface area contributed by atoms with Crippen LogP contribution < -0.4 is 10.1 Å². The molecule has 0 bridgehead atoms. The molecule has 0 spiro atoms. The summed E-state index contributed by atoms with van der Waals surface area (Å²) in [6.07, 6.45) is 1.25. The lowest BCUT2D eigenvalue weighted by Gasteiger charge is -2.06. The molecule has 3 rings (SSSR count). The molecular weight excluding hydrogens is 316 g/mol. The molecule has 25 heavy (non-hydrogen) atoms. The van der Waals surface area contributed by atoms with Crippen LogP contribution in [0.4, 0.5) is 0 Å². The average molecular weight is 338 g/mol. The van der Waals surface area contributed by atoms with E-state index in [2.05, 4.69) is 10.3 Å². The lowest BCUT2D eigenvalue weighted by molar-refractivity contribution is 0.199. The summed E-state index contributed by atoms with van der Waals surface area (Å²) < 4.78 is 11.4. The van der Waals surface area contributed by atoms with Gasteiger partial charge in [0.1, 0.15) is 18.1 Å². The molecule has 1 aromatic carbocycles. The number of hydrogen-bond acceptors (Lipinski definition) is 5. The van der Waals surface area contributed by atoms with Gasteiger partial charge in [-0.25, -0.2) is 4.98 Å². The maximum absolute atomic E-state index is 9.56. The van der Waals surface area contributed by atoms with Crippen molar-refractivity contribution in [3.05, 3.63) is 72.1 Å². The molecule has 3 aromatic rings. The van der Waals surface area contributed by atoms with Gasteiger partial charge in [0, 0.05) is 24.4 Å². The summed E-state index contributed by atoms with van der Waals surface area (Å²) >= 11 is 0. The zero-order chi connectivity index (χ0) is 17.5. The number of aliphatic hydroxyl groups is 1. The fourth-order valence-electron chi connectivity index (χ4n) is 2.43. The standard InChI is InChI=1S/C20H22N2O3/c1-15(23)16-5-7-17(8-6-16)19-10-9-18(25-19)14-21-12-13-24-20-4-2-3-11-22-20/h2-11,15,21,23H,12-14H2,1H3. The lowest BCUT2D eigenvalue weighted by Crippen LogP contribution is -2.20. The van der Waals surface area contributed by atoms with Crippen molar-refractivity contribution >= 4 is 0 Å². The molecule has 0 radical (unpaired) electrons. The van der Waals surface area contributed by atoms with Crippen molar-refractivity contribution < 1.29 is 14.3 Å². The minimum absolute atomic E-state index is 0.460. The molecule has 0 saturated carbocycles. The van der Waals surface area contributed by atoms with Crippen molar-refractivity contribution in [3.8, 4) is 17.2 Å². The molecule has 1 atom stereocenters. The van der Waals surface area contributed by atoms with Crippen LogP contribution in [0.5, 0.6) is 5.88 Å². The van der Waals surface area contributed by atoms with Crippen molar-refractivity contribution in [3.63, 3.8) is 0 Å². The highest BCUT2D eigenvalue weighted by Crippen LogP contribution is 2.24. The first-order chi connectivity index (χ1) is 12.2. The van der Waals surface area contributed by atoms with Crippen LogP contribution in [-0.2, 0) is 6.54 Å². The summed E-state index contributed by atoms with van der Waals surface area (Å²) in [5, 5.41) is 12.8. The summed E-state index contributed by atoms with van der Waals surface area (Å²) in [5.41, 5.74) is 1.89. The van der Waals surface area contributed by atoms with Crippen LogP contribution >= 0.6 is 0 Å². The number of furan rings is 1. The third-order valence-electron chi connectivity index (χ3n) is 3.81. The Labute approximate surface area is 147 Å². The van der Waals surface area contributed by atoms with E-state index in [1.165, 1.54) is 0 Å². The second-order valence-corrected chi connectivity index (χ2v) is 5.76. The Bertz CT molecular complexity index is 767. The molecule has 0 fully saturated rings. The van der Waals surface area contributed by atoms with Crippen LogP contribution in [0, 0.1) is 0 Å². The molecule has 0 amide bonds. The predicted octanol–water partition coefficient (Wildman–Crippen LogP) is 3.56. The average Bonchev–Trinajstić information content (AvgIpc) is 3.11. The third-order valence-corrected chi connectivity index (χ3v) is 3.81. The minimum atomic E-state index is -0.460. The van der Waals surface area contributed by atoms with E-state index in [9.17, 15) is 5.11 Å². The monoisotopic (exact) mass is 338 g/mol. The Morgan fingerprint density at radius 2 is 1.96 bits per heavy atom. The Morgan fingerprint density at radius 3 is 2.68 bits per heavy atom. The van der Waals surface area contributed by atoms with Crippen molar-refractivity contribution in [1.29, 1.82) is 0 Å². The first kappa shape index (κ1) is 17.2. The maximum Gasteiger partial charge on any atom is 0.213 e. The molecule has 2 N–H and O–H groups in total. The molecule has 5 nitrogen and oxygen atoms in total. The van der Waals surface area contributed by atoms with E-state index >= 15 is 0 Å². The first-order valence-electron chi connectivity index (χ1n) is 8.34. The molecule has 2 aromatic heterocycles. The summed E-state index contributed by atoms with van der Waals surface area (Å²) in [7, 11) is 0. The summed E-state index contributed by atoms with van der Waals surface area (Å²) in [4.78, 5) is 4.10. The van der Waals surface area contributed by atoms with E-state index < -0.39 is 6.10 Å². The molecule has 5 heteroatoms. The zero-order valence-corrected chi connectivity index (χ0v) is 14.2. The normalized spacial score (nSPS) is 12.1. The van der Waals surface area contributed by atoms with Crippen molar-refractivity contribution in [1.82, 2.24) is 10.3 Å². The smallest absolute Gasteiger partial charge is 0.213 e. The Kier molecular flexibility index (Phi) is 5.82. The van der Waals surface area contributed by atoms with Crippen molar-refractivity contribution in [2.45, 2.75) is 19.6 Å². The van der Waals surface area contributed by atoms with Gasteiger partial charge in [0.05, 0.1) is 12.6 Å². The van der Waals surface area contributed by atoms with Gasteiger partial charge in [-0.1, -0.05) is 30.3 Å². The molecule has 0 aliphatic rings. The zero-order valence-electron chi connectivity index (χ0n) is 14.2. The van der Waals surface area contributed by atoms with Crippen LogP contribution in [0.25, 0.3) is 11.3 Å². The first-order valence-corrected chi connectivity index (χ1v) is 8.34. The Hall–Kier alpha value is -2.63. The molecule has 1 unspecified atom stereocenters. The van der Waals surface area contributed by atoms with E-state index in [-0.39, 0.29) is 0 Å². The van der Waals surface area contributed by atoms with Gasteiger partial charge in [-0.2, -0.15) is 0 Å². The van der Waals surface area contributed by atoms with Crippen molar-refractivity contribution in [2.75, 3.05) is 13.2 Å². The summed E-state index contributed by atoms with van der Waals surface area (Å²) in [6.45, 7) is 3.64. The van der Waals surface area contributed by atoms with Gasteiger partial charge in [-0.3, -0.25) is 0 Å². The molecular formula is C20H22N2O3.